The van der Waals surface area contributed by atoms with Crippen LogP contribution in [0.25, 0.3) is 0 Å². The number of quaternary nitrogens is 2. The second-order valence-electron chi connectivity index (χ2n) is 7.64. The molecule has 0 saturated heterocycles. The van der Waals surface area contributed by atoms with Crippen LogP contribution >= 0.6 is 74.5 Å². The van der Waals surface area contributed by atoms with Crippen molar-refractivity contribution in [1.29, 1.82) is 0 Å². The summed E-state index contributed by atoms with van der Waals surface area (Å²) in [6, 6.07) is 0. The molecule has 0 amide bonds. The van der Waals surface area contributed by atoms with E-state index in [1.165, 1.54) is 51.4 Å². The van der Waals surface area contributed by atoms with Gasteiger partial charge in [-0.15, -0.1) is 12.6 Å². The summed E-state index contributed by atoms with van der Waals surface area (Å²) in [7, 11) is 0. The Hall–Kier alpha value is 1.04. The fraction of sp³-hybridized carbons (Fsp3) is 0.850. The van der Waals surface area contributed by atoms with E-state index in [1.54, 1.807) is 0 Å². The number of hydrogen-bond donors (Lipinski definition) is 4. The van der Waals surface area contributed by atoms with E-state index in [-0.39, 0.29) is 4.32 Å². The molecule has 172 valence electrons. The third-order valence-corrected chi connectivity index (χ3v) is 6.73. The van der Waals surface area contributed by atoms with E-state index in [1.807, 2.05) is 0 Å². The van der Waals surface area contributed by atoms with Gasteiger partial charge in [0.25, 0.3) is 0 Å². The van der Waals surface area contributed by atoms with Crippen LogP contribution in [0.2, 0.25) is 0 Å². The van der Waals surface area contributed by atoms with Gasteiger partial charge < -0.3 is 5.73 Å². The van der Waals surface area contributed by atoms with Crippen LogP contribution in [0.5, 0.6) is 0 Å². The second-order valence-corrected chi connectivity index (χ2v) is 11.1. The molecular formula is C20H43N3S6+2. The third-order valence-electron chi connectivity index (χ3n) is 5.11. The highest BCUT2D eigenvalue weighted by atomic mass is 32.1. The van der Waals surface area contributed by atoms with E-state index in [4.69, 9.17) is 55.4 Å². The second kappa shape index (κ2) is 18.6. The highest BCUT2D eigenvalue weighted by molar-refractivity contribution is 8.11. The van der Waals surface area contributed by atoms with Crippen molar-refractivity contribution in [3.05, 3.63) is 0 Å². The average molecular weight is 518 g/mol. The maximum absolute atomic E-state index is 5.69. The van der Waals surface area contributed by atoms with E-state index in [9.17, 15) is 0 Å². The quantitative estimate of drug-likeness (QED) is 0.0932. The molecule has 0 aliphatic rings. The van der Waals surface area contributed by atoms with E-state index >= 15 is 0 Å². The molecule has 2 N–H and O–H groups in total. The van der Waals surface area contributed by atoms with Crippen molar-refractivity contribution < 1.29 is 8.97 Å². The SMILES string of the molecule is CCCC[N+](CCCC)(C[N+](CCCC)(CCCC)C(=S)S)C(=S)S.NC(=S)S. The van der Waals surface area contributed by atoms with E-state index in [0.717, 1.165) is 50.5 Å². The van der Waals surface area contributed by atoms with Crippen LogP contribution in [-0.2, 0) is 0 Å². The summed E-state index contributed by atoms with van der Waals surface area (Å²) >= 11 is 28.5. The Bertz CT molecular complexity index is 429. The molecule has 0 aromatic carbocycles. The number of thiocarbonyl (C=S) groups is 3. The predicted octanol–water partition coefficient (Wildman–Crippen LogP) is 6.37. The molecule has 0 bridgehead atoms. The van der Waals surface area contributed by atoms with Crippen molar-refractivity contribution in [2.24, 2.45) is 5.73 Å². The highest BCUT2D eigenvalue weighted by Crippen LogP contribution is 2.26. The minimum Gasteiger partial charge on any atom is -0.385 e. The Morgan fingerprint density at radius 3 is 0.966 bits per heavy atom. The van der Waals surface area contributed by atoms with Crippen LogP contribution in [0.3, 0.4) is 0 Å². The lowest BCUT2D eigenvalue weighted by atomic mass is 10.2. The number of thiol groups is 3. The first-order chi connectivity index (χ1) is 13.6. The van der Waals surface area contributed by atoms with E-state index in [2.05, 4.69) is 52.5 Å². The van der Waals surface area contributed by atoms with Gasteiger partial charge in [-0.2, -0.15) is 0 Å². The zero-order chi connectivity index (χ0) is 22.9. The van der Waals surface area contributed by atoms with Crippen LogP contribution in [-0.4, -0.2) is 54.8 Å². The molecule has 0 aromatic rings. The van der Waals surface area contributed by atoms with Crippen LogP contribution < -0.4 is 5.73 Å². The molecule has 0 atom stereocenters. The lowest BCUT2D eigenvalue weighted by Crippen LogP contribution is -2.66. The predicted molar refractivity (Wildman–Crippen MR) is 153 cm³/mol. The lowest BCUT2D eigenvalue weighted by Gasteiger charge is -2.45. The van der Waals surface area contributed by atoms with Gasteiger partial charge in [0, 0.05) is 0 Å². The molecule has 0 fully saturated rings. The van der Waals surface area contributed by atoms with Gasteiger partial charge in [-0.05, 0) is 50.1 Å². The van der Waals surface area contributed by atoms with Crippen LogP contribution in [0.1, 0.15) is 79.1 Å². The summed E-state index contributed by atoms with van der Waals surface area (Å²) in [5.74, 6) is 0. The average Bonchev–Trinajstić information content (AvgIpc) is 2.65. The first kappa shape index (κ1) is 32.2. The summed E-state index contributed by atoms with van der Waals surface area (Å²) in [5, 5.41) is 0. The number of hydrogen-bond acceptors (Lipinski definition) is 3. The summed E-state index contributed by atoms with van der Waals surface area (Å²) in [5.41, 5.74) is 4.71. The third kappa shape index (κ3) is 13.9. The van der Waals surface area contributed by atoms with E-state index < -0.39 is 0 Å². The standard InChI is InChI=1S/C19H38N2S4.CH3NS2/c1-5-9-13-20(18(22)23,14-10-6-2)17-21(19(24)25,15-11-7-3)16-12-8-4;2-1(3)4/h5-17H2,1-4H3;(H3,2,3,4)/p+2. The number of nitrogens with two attached hydrogens (primary N) is 1. The fourth-order valence-electron chi connectivity index (χ4n) is 3.37. The molecule has 0 spiro atoms. The van der Waals surface area contributed by atoms with Gasteiger partial charge in [0.2, 0.25) is 15.3 Å². The van der Waals surface area contributed by atoms with Crippen molar-refractivity contribution in [3.63, 3.8) is 0 Å². The lowest BCUT2D eigenvalue weighted by molar-refractivity contribution is -1.02. The van der Waals surface area contributed by atoms with Gasteiger partial charge >= 0.3 is 0 Å². The number of unbranched alkanes of at least 4 members (excludes halogenated alkanes) is 4. The normalized spacial score (nSPS) is 11.6. The Morgan fingerprint density at radius 1 is 0.621 bits per heavy atom. The zero-order valence-electron chi connectivity index (χ0n) is 18.7. The zero-order valence-corrected chi connectivity index (χ0v) is 23.9. The van der Waals surface area contributed by atoms with Crippen LogP contribution in [0.15, 0.2) is 0 Å². The Morgan fingerprint density at radius 2 is 0.828 bits per heavy atom. The Kier molecular flexibility index (Phi) is 20.7. The topological polar surface area (TPSA) is 26.0 Å². The first-order valence-corrected chi connectivity index (χ1v) is 13.3. The van der Waals surface area contributed by atoms with Gasteiger partial charge in [-0.3, -0.25) is 0 Å². The summed E-state index contributed by atoms with van der Waals surface area (Å²) < 4.78 is 3.44. The van der Waals surface area contributed by atoms with Crippen molar-refractivity contribution in [2.75, 3.05) is 32.8 Å². The molecule has 9 heteroatoms. The molecule has 0 saturated carbocycles. The van der Waals surface area contributed by atoms with Crippen molar-refractivity contribution in [2.45, 2.75) is 79.1 Å². The molecule has 29 heavy (non-hydrogen) atoms. The summed E-state index contributed by atoms with van der Waals surface area (Å²) in [4.78, 5) is 0. The molecule has 0 heterocycles. The summed E-state index contributed by atoms with van der Waals surface area (Å²) in [6.07, 6.45) is 9.40. The highest BCUT2D eigenvalue weighted by Gasteiger charge is 2.43. The first-order valence-electron chi connectivity index (χ1n) is 10.7. The molecule has 0 unspecified atom stereocenters. The van der Waals surface area contributed by atoms with Crippen molar-refractivity contribution >= 4 is 87.5 Å². The van der Waals surface area contributed by atoms with Gasteiger partial charge in [-0.1, -0.05) is 90.9 Å². The van der Waals surface area contributed by atoms with Gasteiger partial charge in [0.15, 0.2) is 0 Å². The van der Waals surface area contributed by atoms with Crippen molar-refractivity contribution in [1.82, 2.24) is 0 Å². The molecule has 0 aliphatic heterocycles. The molecule has 0 aliphatic carbocycles. The maximum Gasteiger partial charge on any atom is 0.235 e. The van der Waals surface area contributed by atoms with Crippen molar-refractivity contribution in [3.8, 4) is 0 Å². The molecule has 0 aromatic heterocycles. The fourth-order valence-corrected chi connectivity index (χ4v) is 4.38. The molecule has 0 rings (SSSR count). The largest absolute Gasteiger partial charge is 0.385 e. The molecular weight excluding hydrogens is 475 g/mol. The minimum absolute atomic E-state index is 0.194. The van der Waals surface area contributed by atoms with Crippen LogP contribution in [0.4, 0.5) is 0 Å². The van der Waals surface area contributed by atoms with Gasteiger partial charge in [-0.25, -0.2) is 8.97 Å². The molecule has 0 radical (unpaired) electrons. The minimum atomic E-state index is 0.194. The maximum atomic E-state index is 5.69. The Balaban J connectivity index is 0. The number of nitrogens with zero attached hydrogens (tertiary/aromatic N) is 2. The van der Waals surface area contributed by atoms with Gasteiger partial charge in [0.05, 0.1) is 26.2 Å². The Labute approximate surface area is 213 Å². The summed E-state index contributed by atoms with van der Waals surface area (Å²) in [6.45, 7) is 14.2. The monoisotopic (exact) mass is 517 g/mol. The molecule has 3 nitrogen and oxygen atoms in total. The van der Waals surface area contributed by atoms with E-state index in [0.29, 0.717) is 0 Å². The van der Waals surface area contributed by atoms with Crippen LogP contribution in [0, 0.1) is 0 Å². The number of rotatable bonds is 14. The van der Waals surface area contributed by atoms with Gasteiger partial charge in [0.1, 0.15) is 4.32 Å². The smallest absolute Gasteiger partial charge is 0.235 e.